The van der Waals surface area contributed by atoms with Crippen LogP contribution in [0.5, 0.6) is 5.75 Å². The summed E-state index contributed by atoms with van der Waals surface area (Å²) in [4.78, 5) is 115. The highest BCUT2D eigenvalue weighted by atomic mass is 127. The zero-order valence-corrected chi connectivity index (χ0v) is 43.9. The van der Waals surface area contributed by atoms with Gasteiger partial charge in [-0.1, -0.05) is 77.9 Å². The average molecular weight is 1140 g/mol. The van der Waals surface area contributed by atoms with Gasteiger partial charge in [-0.15, -0.1) is 0 Å². The van der Waals surface area contributed by atoms with Gasteiger partial charge >= 0.3 is 5.97 Å². The minimum absolute atomic E-state index is 0.0392. The number of para-hydroxylation sites is 1. The highest BCUT2D eigenvalue weighted by molar-refractivity contribution is 14.1. The third-order valence-electron chi connectivity index (χ3n) is 11.8. The van der Waals surface area contributed by atoms with Gasteiger partial charge in [-0.2, -0.15) is 0 Å². The van der Waals surface area contributed by atoms with E-state index in [1.807, 2.05) is 36.4 Å². The molecule has 0 saturated carbocycles. The number of fused-ring (bicyclic) bond motifs is 1. The van der Waals surface area contributed by atoms with E-state index in [-0.39, 0.29) is 49.5 Å². The lowest BCUT2D eigenvalue weighted by Gasteiger charge is -2.29. The SMILES string of the molecule is CC(C)[C@H](NC(=O)[C@@H]1CSSC[C@H](NC(=O)[C@H](C)N)C(=O)N[C@@H](Cc2ccc(I)cc2)C(=O)N[C@@H](Cc2c[nH]c3ccccc23)C(=O)N[C@@H](CCCCN)C(=O)N[C@@H](Cc2ccc(O)cc2)C(=O)N1)C(=O)O. The molecule has 23 heteroatoms. The summed E-state index contributed by atoms with van der Waals surface area (Å²) in [5.41, 5.74) is 14.3. The third-order valence-corrected chi connectivity index (χ3v) is 14.9. The normalized spacial score (nSPS) is 21.8. The molecule has 1 aromatic heterocycles. The molecule has 5 rings (SSSR count). The molecule has 4 aromatic rings. The monoisotopic (exact) mass is 1140 g/mol. The maximum atomic E-state index is 14.8. The zero-order valence-electron chi connectivity index (χ0n) is 40.1. The molecule has 20 nitrogen and oxygen atoms in total. The van der Waals surface area contributed by atoms with Gasteiger partial charge in [0.1, 0.15) is 48.0 Å². The van der Waals surface area contributed by atoms with Crippen LogP contribution in [0.3, 0.4) is 0 Å². The first kappa shape index (κ1) is 57.0. The number of nitrogens with one attached hydrogen (secondary N) is 8. The first-order valence-electron chi connectivity index (χ1n) is 23.5. The van der Waals surface area contributed by atoms with Gasteiger partial charge < -0.3 is 63.9 Å². The number of aromatic amines is 1. The molecule has 0 aliphatic carbocycles. The number of unbranched alkanes of at least 4 members (excludes halogenated alkanes) is 1. The Kier molecular flexibility index (Phi) is 22.0. The summed E-state index contributed by atoms with van der Waals surface area (Å²) in [7, 11) is 2.07. The van der Waals surface area contributed by atoms with Crippen molar-refractivity contribution < 1.29 is 48.6 Å². The topological polar surface area (TPSA) is 329 Å². The molecular formula is C49H63IN10O10S2. The minimum Gasteiger partial charge on any atom is -0.508 e. The number of carboxylic acid groups (broad SMARTS) is 1. The summed E-state index contributed by atoms with van der Waals surface area (Å²) in [6.45, 7) is 4.91. The van der Waals surface area contributed by atoms with Crippen molar-refractivity contribution in [3.05, 3.63) is 99.3 Å². The predicted octanol–water partition coefficient (Wildman–Crippen LogP) is 1.51. The van der Waals surface area contributed by atoms with Crippen molar-refractivity contribution >= 4 is 102 Å². The molecule has 1 saturated heterocycles. The minimum atomic E-state index is -1.42. The number of H-pyrrole nitrogens is 1. The van der Waals surface area contributed by atoms with Crippen molar-refractivity contribution in [1.29, 1.82) is 0 Å². The number of carbonyl (C=O) groups excluding carboxylic acids is 7. The lowest BCUT2D eigenvalue weighted by molar-refractivity contribution is -0.143. The quantitative estimate of drug-likeness (QED) is 0.0430. The molecular weight excluding hydrogens is 1080 g/mol. The molecule has 1 fully saturated rings. The Labute approximate surface area is 438 Å². The number of aromatic nitrogens is 1. The maximum Gasteiger partial charge on any atom is 0.326 e. The number of amides is 7. The third kappa shape index (κ3) is 17.1. The molecule has 1 aliphatic rings. The van der Waals surface area contributed by atoms with Crippen LogP contribution in [-0.2, 0) is 57.6 Å². The summed E-state index contributed by atoms with van der Waals surface area (Å²) in [5, 5.41) is 39.8. The maximum absolute atomic E-state index is 14.8. The number of phenols is 1. The summed E-state index contributed by atoms with van der Waals surface area (Å²) in [6, 6.07) is 10.1. The van der Waals surface area contributed by atoms with Crippen LogP contribution < -0.4 is 48.7 Å². The Morgan fingerprint density at radius 3 is 1.86 bits per heavy atom. The van der Waals surface area contributed by atoms with Crippen LogP contribution >= 0.6 is 44.2 Å². The van der Waals surface area contributed by atoms with E-state index in [4.69, 9.17) is 11.5 Å². The number of rotatable bonds is 16. The molecule has 0 bridgehead atoms. The Morgan fingerprint density at radius 1 is 0.722 bits per heavy atom. The van der Waals surface area contributed by atoms with Crippen LogP contribution in [-0.4, -0.2) is 129 Å². The Hall–Kier alpha value is -5.89. The second-order valence-electron chi connectivity index (χ2n) is 17.8. The Balaban J connectivity index is 1.61. The Morgan fingerprint density at radius 2 is 1.26 bits per heavy atom. The van der Waals surface area contributed by atoms with Crippen LogP contribution in [0.15, 0.2) is 79.0 Å². The molecule has 8 atom stereocenters. The second-order valence-corrected chi connectivity index (χ2v) is 21.6. The molecule has 72 heavy (non-hydrogen) atoms. The lowest BCUT2D eigenvalue weighted by atomic mass is 10.0. The smallest absolute Gasteiger partial charge is 0.326 e. The van der Waals surface area contributed by atoms with Crippen LogP contribution in [0.2, 0.25) is 0 Å². The van der Waals surface area contributed by atoms with Crippen molar-refractivity contribution in [3.63, 3.8) is 0 Å². The molecule has 7 amide bonds. The number of halogens is 1. The Bertz CT molecular complexity index is 2530. The van der Waals surface area contributed by atoms with E-state index >= 15 is 0 Å². The van der Waals surface area contributed by atoms with Gasteiger partial charge in [0.15, 0.2) is 0 Å². The van der Waals surface area contributed by atoms with Gasteiger partial charge in [-0.3, -0.25) is 33.6 Å². The number of aromatic hydroxyl groups is 1. The van der Waals surface area contributed by atoms with Crippen LogP contribution in [0, 0.1) is 9.49 Å². The first-order valence-corrected chi connectivity index (χ1v) is 27.0. The van der Waals surface area contributed by atoms with Gasteiger partial charge in [-0.25, -0.2) is 4.79 Å². The molecule has 3 aromatic carbocycles. The van der Waals surface area contributed by atoms with Crippen LogP contribution in [0.4, 0.5) is 0 Å². The van der Waals surface area contributed by atoms with Crippen LogP contribution in [0.25, 0.3) is 10.9 Å². The highest BCUT2D eigenvalue weighted by Gasteiger charge is 2.36. The summed E-state index contributed by atoms with van der Waals surface area (Å²) in [5.74, 6) is -7.69. The van der Waals surface area contributed by atoms with Crippen LogP contribution in [0.1, 0.15) is 56.7 Å². The van der Waals surface area contributed by atoms with Gasteiger partial charge in [-0.05, 0) is 108 Å². The molecule has 388 valence electrons. The van der Waals surface area contributed by atoms with Crippen molar-refractivity contribution in [3.8, 4) is 5.75 Å². The number of aliphatic carboxylic acids is 1. The second kappa shape index (κ2) is 27.8. The van der Waals surface area contributed by atoms with E-state index in [1.54, 1.807) is 44.3 Å². The number of hydrogen-bond acceptors (Lipinski definition) is 13. The summed E-state index contributed by atoms with van der Waals surface area (Å²) >= 11 is 2.14. The predicted molar refractivity (Wildman–Crippen MR) is 284 cm³/mol. The molecule has 2 heterocycles. The van der Waals surface area contributed by atoms with Crippen molar-refractivity contribution in [2.24, 2.45) is 17.4 Å². The molecule has 1 aliphatic heterocycles. The molecule has 14 N–H and O–H groups in total. The number of hydrogen-bond donors (Lipinski definition) is 12. The number of carboxylic acids is 1. The van der Waals surface area contributed by atoms with E-state index in [1.165, 1.54) is 19.1 Å². The van der Waals surface area contributed by atoms with Crippen molar-refractivity contribution in [2.75, 3.05) is 18.1 Å². The van der Waals surface area contributed by atoms with Gasteiger partial charge in [0.2, 0.25) is 41.4 Å². The molecule has 0 radical (unpaired) electrons. The highest BCUT2D eigenvalue weighted by Crippen LogP contribution is 2.25. The number of phenolic OH excluding ortho intramolecular Hbond substituents is 1. The molecule has 0 spiro atoms. The van der Waals surface area contributed by atoms with E-state index < -0.39 is 102 Å². The fourth-order valence-corrected chi connectivity index (χ4v) is 10.4. The number of benzene rings is 3. The van der Waals surface area contributed by atoms with Gasteiger partial charge in [0.05, 0.1) is 6.04 Å². The fraction of sp³-hybridized carbons (Fsp3) is 0.429. The molecule has 0 unspecified atom stereocenters. The van der Waals surface area contributed by atoms with Gasteiger partial charge in [0.25, 0.3) is 0 Å². The lowest BCUT2D eigenvalue weighted by Crippen LogP contribution is -2.61. The van der Waals surface area contributed by atoms with Crippen molar-refractivity contribution in [2.45, 2.75) is 108 Å². The fourth-order valence-electron chi connectivity index (χ4n) is 7.66. The zero-order chi connectivity index (χ0) is 52.5. The standard InChI is InChI=1S/C49H63IN10O10S2/c1-26(2)41(49(69)70)60-48(68)40-25-72-71-24-39(58-42(62)27(3)52)47(67)56-36(20-28-11-15-31(50)16-12-28)44(64)57-38(22-30-23-53-34-9-5-4-8-33(30)34)46(66)54-35(10-6-7-19-51)43(63)55-37(45(65)59-40)21-29-13-17-32(61)18-14-29/h4-5,8-9,11-18,23,26-27,35-41,53,61H,6-7,10,19-22,24-25,51-52H2,1-3H3,(H,54,66)(H,55,63)(H,56,67)(H,57,64)(H,58,62)(H,59,65)(H,60,68)(H,69,70)/t27-,35-,36-,37-,38-,39-,40-,41-/m0/s1. The van der Waals surface area contributed by atoms with E-state index in [9.17, 15) is 48.6 Å². The largest absolute Gasteiger partial charge is 0.508 e. The van der Waals surface area contributed by atoms with E-state index in [2.05, 4.69) is 64.8 Å². The van der Waals surface area contributed by atoms with Crippen molar-refractivity contribution in [1.82, 2.24) is 42.2 Å². The van der Waals surface area contributed by atoms with Gasteiger partial charge in [0, 0.05) is 51.4 Å². The van der Waals surface area contributed by atoms with E-state index in [0.29, 0.717) is 29.5 Å². The average Bonchev–Trinajstić information content (AvgIpc) is 3.75. The summed E-state index contributed by atoms with van der Waals surface area (Å²) in [6.07, 6.45) is 2.34. The van der Waals surface area contributed by atoms with E-state index in [0.717, 1.165) is 36.1 Å². The first-order chi connectivity index (χ1) is 34.3. The number of carbonyl (C=O) groups is 8. The summed E-state index contributed by atoms with van der Waals surface area (Å²) < 4.78 is 0.919. The number of nitrogens with two attached hydrogens (primary N) is 2.